The lowest BCUT2D eigenvalue weighted by Crippen LogP contribution is -2.19. The first kappa shape index (κ1) is 11.1. The Morgan fingerprint density at radius 2 is 2.06 bits per heavy atom. The first-order valence-corrected chi connectivity index (χ1v) is 5.90. The van der Waals surface area contributed by atoms with Crippen LogP contribution in [0.1, 0.15) is 31.9 Å². The van der Waals surface area contributed by atoms with Crippen molar-refractivity contribution in [3.05, 3.63) is 42.1 Å². The molecule has 2 aromatic rings. The average molecular weight is 214 g/mol. The minimum Gasteiger partial charge on any atom is -0.310 e. The molecule has 1 unspecified atom stereocenters. The van der Waals surface area contributed by atoms with Gasteiger partial charge < -0.3 is 5.32 Å². The van der Waals surface area contributed by atoms with E-state index in [1.54, 1.807) is 0 Å². The molecule has 0 radical (unpaired) electrons. The molecule has 16 heavy (non-hydrogen) atoms. The van der Waals surface area contributed by atoms with E-state index in [2.05, 4.69) is 48.4 Å². The maximum Gasteiger partial charge on any atom is 0.0749 e. The van der Waals surface area contributed by atoms with Crippen molar-refractivity contribution in [1.29, 1.82) is 0 Å². The summed E-state index contributed by atoms with van der Waals surface area (Å²) in [5, 5.41) is 4.71. The minimum atomic E-state index is 0.360. The van der Waals surface area contributed by atoms with Gasteiger partial charge in [0, 0.05) is 17.6 Å². The Hall–Kier alpha value is -1.41. The van der Waals surface area contributed by atoms with Crippen LogP contribution in [-0.2, 0) is 0 Å². The Labute approximate surface area is 96.7 Å². The first-order chi connectivity index (χ1) is 7.83. The average Bonchev–Trinajstić information content (AvgIpc) is 2.35. The molecular weight excluding hydrogens is 196 g/mol. The molecule has 2 rings (SSSR count). The summed E-state index contributed by atoms with van der Waals surface area (Å²) >= 11 is 0. The van der Waals surface area contributed by atoms with Crippen molar-refractivity contribution in [2.45, 2.75) is 26.3 Å². The van der Waals surface area contributed by atoms with E-state index in [4.69, 9.17) is 0 Å². The van der Waals surface area contributed by atoms with Crippen LogP contribution in [0.25, 0.3) is 10.9 Å². The number of nitrogens with zero attached hydrogens (tertiary/aromatic N) is 1. The maximum atomic E-state index is 4.47. The fraction of sp³-hybridized carbons (Fsp3) is 0.357. The molecule has 0 spiro atoms. The van der Waals surface area contributed by atoms with Gasteiger partial charge in [-0.05, 0) is 31.5 Å². The van der Waals surface area contributed by atoms with Gasteiger partial charge in [-0.3, -0.25) is 4.98 Å². The molecule has 2 nitrogen and oxygen atoms in total. The SMILES string of the molecule is CCCNC(C)c1cccc2cccnc12. The van der Waals surface area contributed by atoms with Crippen molar-refractivity contribution in [3.8, 4) is 0 Å². The van der Waals surface area contributed by atoms with Crippen LogP contribution in [0.3, 0.4) is 0 Å². The number of para-hydroxylation sites is 1. The lowest BCUT2D eigenvalue weighted by Gasteiger charge is -2.15. The molecule has 1 aromatic heterocycles. The third-order valence-corrected chi connectivity index (χ3v) is 2.83. The van der Waals surface area contributed by atoms with Crippen molar-refractivity contribution in [2.75, 3.05) is 6.54 Å². The van der Waals surface area contributed by atoms with E-state index in [-0.39, 0.29) is 0 Å². The molecule has 0 bridgehead atoms. The van der Waals surface area contributed by atoms with E-state index in [9.17, 15) is 0 Å². The fourth-order valence-electron chi connectivity index (χ4n) is 1.95. The number of benzene rings is 1. The van der Waals surface area contributed by atoms with Gasteiger partial charge in [0.15, 0.2) is 0 Å². The third kappa shape index (κ3) is 2.22. The van der Waals surface area contributed by atoms with Gasteiger partial charge in [0.05, 0.1) is 5.52 Å². The van der Waals surface area contributed by atoms with Crippen LogP contribution in [-0.4, -0.2) is 11.5 Å². The zero-order valence-electron chi connectivity index (χ0n) is 9.90. The predicted molar refractivity (Wildman–Crippen MR) is 68.5 cm³/mol. The van der Waals surface area contributed by atoms with Crippen LogP contribution in [0.5, 0.6) is 0 Å². The van der Waals surface area contributed by atoms with Gasteiger partial charge in [0.25, 0.3) is 0 Å². The van der Waals surface area contributed by atoms with Gasteiger partial charge in [0.1, 0.15) is 0 Å². The maximum absolute atomic E-state index is 4.47. The van der Waals surface area contributed by atoms with Crippen molar-refractivity contribution >= 4 is 10.9 Å². The van der Waals surface area contributed by atoms with Crippen LogP contribution < -0.4 is 5.32 Å². The third-order valence-electron chi connectivity index (χ3n) is 2.83. The number of hydrogen-bond acceptors (Lipinski definition) is 2. The Morgan fingerprint density at radius 3 is 2.88 bits per heavy atom. The lowest BCUT2D eigenvalue weighted by atomic mass is 10.0. The van der Waals surface area contributed by atoms with E-state index < -0.39 is 0 Å². The Balaban J connectivity index is 2.36. The second kappa shape index (κ2) is 5.08. The smallest absolute Gasteiger partial charge is 0.0749 e. The van der Waals surface area contributed by atoms with E-state index >= 15 is 0 Å². The van der Waals surface area contributed by atoms with Gasteiger partial charge in [-0.1, -0.05) is 31.2 Å². The molecule has 2 heteroatoms. The Bertz CT molecular complexity index is 460. The Kier molecular flexibility index (Phi) is 3.52. The quantitative estimate of drug-likeness (QED) is 0.844. The molecule has 1 atom stereocenters. The van der Waals surface area contributed by atoms with E-state index in [1.807, 2.05) is 12.3 Å². The molecule has 0 aliphatic heterocycles. The topological polar surface area (TPSA) is 24.9 Å². The highest BCUT2D eigenvalue weighted by Crippen LogP contribution is 2.21. The van der Waals surface area contributed by atoms with Gasteiger partial charge in [-0.15, -0.1) is 0 Å². The molecule has 0 fully saturated rings. The normalized spacial score (nSPS) is 12.9. The Morgan fingerprint density at radius 1 is 1.25 bits per heavy atom. The number of rotatable bonds is 4. The zero-order valence-corrected chi connectivity index (χ0v) is 9.90. The molecule has 0 aliphatic rings. The van der Waals surface area contributed by atoms with E-state index in [1.165, 1.54) is 10.9 Å². The van der Waals surface area contributed by atoms with Crippen LogP contribution in [0.15, 0.2) is 36.5 Å². The van der Waals surface area contributed by atoms with Gasteiger partial charge in [-0.25, -0.2) is 0 Å². The largest absolute Gasteiger partial charge is 0.310 e. The molecule has 84 valence electrons. The molecule has 1 heterocycles. The highest BCUT2D eigenvalue weighted by atomic mass is 14.9. The second-order valence-corrected chi connectivity index (χ2v) is 4.10. The molecule has 1 aromatic carbocycles. The van der Waals surface area contributed by atoms with Gasteiger partial charge in [-0.2, -0.15) is 0 Å². The van der Waals surface area contributed by atoms with Crippen molar-refractivity contribution in [1.82, 2.24) is 10.3 Å². The fourth-order valence-corrected chi connectivity index (χ4v) is 1.95. The van der Waals surface area contributed by atoms with Crippen LogP contribution in [0.4, 0.5) is 0 Å². The summed E-state index contributed by atoms with van der Waals surface area (Å²) in [5.41, 5.74) is 2.40. The highest BCUT2D eigenvalue weighted by Gasteiger charge is 2.08. The number of aromatic nitrogens is 1. The molecule has 0 saturated heterocycles. The summed E-state index contributed by atoms with van der Waals surface area (Å²) in [7, 11) is 0. The lowest BCUT2D eigenvalue weighted by molar-refractivity contribution is 0.573. The summed E-state index contributed by atoms with van der Waals surface area (Å²) in [6.45, 7) is 5.42. The highest BCUT2D eigenvalue weighted by molar-refractivity contribution is 5.81. The summed E-state index contributed by atoms with van der Waals surface area (Å²) in [5.74, 6) is 0. The molecule has 0 aliphatic carbocycles. The van der Waals surface area contributed by atoms with Gasteiger partial charge in [0.2, 0.25) is 0 Å². The molecular formula is C14H18N2. The van der Waals surface area contributed by atoms with E-state index in [0.29, 0.717) is 6.04 Å². The van der Waals surface area contributed by atoms with Crippen LogP contribution in [0.2, 0.25) is 0 Å². The summed E-state index contributed by atoms with van der Waals surface area (Å²) < 4.78 is 0. The first-order valence-electron chi connectivity index (χ1n) is 5.90. The van der Waals surface area contributed by atoms with Crippen LogP contribution in [0, 0.1) is 0 Å². The number of fused-ring (bicyclic) bond motifs is 1. The standard InChI is InChI=1S/C14H18N2/c1-3-9-15-11(2)13-8-4-6-12-7-5-10-16-14(12)13/h4-8,10-11,15H,3,9H2,1-2H3. The second-order valence-electron chi connectivity index (χ2n) is 4.10. The number of nitrogens with one attached hydrogen (secondary N) is 1. The summed E-state index contributed by atoms with van der Waals surface area (Å²) in [6, 6.07) is 10.8. The number of hydrogen-bond donors (Lipinski definition) is 1. The molecule has 1 N–H and O–H groups in total. The van der Waals surface area contributed by atoms with E-state index in [0.717, 1.165) is 18.5 Å². The molecule has 0 amide bonds. The minimum absolute atomic E-state index is 0.360. The predicted octanol–water partition coefficient (Wildman–Crippen LogP) is 3.30. The summed E-state index contributed by atoms with van der Waals surface area (Å²) in [4.78, 5) is 4.47. The van der Waals surface area contributed by atoms with Crippen molar-refractivity contribution < 1.29 is 0 Å². The van der Waals surface area contributed by atoms with Crippen molar-refractivity contribution in [2.24, 2.45) is 0 Å². The van der Waals surface area contributed by atoms with Crippen molar-refractivity contribution in [3.63, 3.8) is 0 Å². The number of pyridine rings is 1. The van der Waals surface area contributed by atoms with Gasteiger partial charge >= 0.3 is 0 Å². The zero-order chi connectivity index (χ0) is 11.4. The summed E-state index contributed by atoms with van der Waals surface area (Å²) in [6.07, 6.45) is 3.01. The molecule has 0 saturated carbocycles. The van der Waals surface area contributed by atoms with Crippen LogP contribution >= 0.6 is 0 Å². The monoisotopic (exact) mass is 214 g/mol.